The zero-order chi connectivity index (χ0) is 11.3. The smallest absolute Gasteiger partial charge is 0.409 e. The maximum absolute atomic E-state index is 11.1. The van der Waals surface area contributed by atoms with E-state index in [0.717, 1.165) is 12.3 Å². The largest absolute Gasteiger partial charge is 0.449 e. The van der Waals surface area contributed by atoms with E-state index in [2.05, 4.69) is 9.79 Å². The predicted octanol–water partition coefficient (Wildman–Crippen LogP) is -1.06. The van der Waals surface area contributed by atoms with Crippen LogP contribution in [-0.4, -0.2) is 38.2 Å². The molecule has 0 aliphatic heterocycles. The first-order valence-corrected chi connectivity index (χ1v) is 5.78. The number of rotatable bonds is 6. The van der Waals surface area contributed by atoms with Crippen LogP contribution in [0.15, 0.2) is 9.65 Å². The highest BCUT2D eigenvalue weighted by molar-refractivity contribution is 7.99. The van der Waals surface area contributed by atoms with Crippen LogP contribution >= 0.6 is 11.8 Å². The van der Waals surface area contributed by atoms with Crippen LogP contribution in [0, 0.1) is 5.21 Å². The first-order valence-electron chi connectivity index (χ1n) is 4.79. The molecule has 0 radical (unpaired) electrons. The molecular weight excluding hydrogens is 218 g/mol. The molecule has 0 aliphatic carbocycles. The van der Waals surface area contributed by atoms with Crippen molar-refractivity contribution in [3.05, 3.63) is 5.21 Å². The van der Waals surface area contributed by atoms with Gasteiger partial charge in [0.15, 0.2) is 0 Å². The molecule has 7 heteroatoms. The Bertz CT molecular complexity index is 303. The maximum atomic E-state index is 11.1. The van der Waals surface area contributed by atoms with Gasteiger partial charge in [0.2, 0.25) is 0 Å². The van der Waals surface area contributed by atoms with E-state index in [1.54, 1.807) is 0 Å². The highest BCUT2D eigenvalue weighted by atomic mass is 32.2. The molecule has 0 atom stereocenters. The van der Waals surface area contributed by atoms with E-state index in [9.17, 15) is 5.21 Å². The fourth-order valence-electron chi connectivity index (χ4n) is 0.919. The van der Waals surface area contributed by atoms with Crippen molar-refractivity contribution in [2.45, 2.75) is 11.9 Å². The highest BCUT2D eigenvalue weighted by Crippen LogP contribution is 2.22. The van der Waals surface area contributed by atoms with Crippen LogP contribution < -0.4 is 14.5 Å². The molecule has 0 saturated heterocycles. The van der Waals surface area contributed by atoms with Crippen LogP contribution in [0.25, 0.3) is 0 Å². The summed E-state index contributed by atoms with van der Waals surface area (Å²) in [5, 5.41) is 15.1. The van der Waals surface area contributed by atoms with E-state index in [1.807, 2.05) is 21.0 Å². The summed E-state index contributed by atoms with van der Waals surface area (Å²) in [6.07, 6.45) is 0. The topological polar surface area (TPSA) is 66.6 Å². The molecule has 1 rings (SSSR count). The average Bonchev–Trinajstić information content (AvgIpc) is 2.50. The molecule has 0 amide bonds. The normalized spacial score (nSPS) is 10.9. The Hall–Kier alpha value is -0.950. The van der Waals surface area contributed by atoms with Crippen LogP contribution in [-0.2, 0) is 0 Å². The second kappa shape index (κ2) is 5.82. The van der Waals surface area contributed by atoms with Crippen LogP contribution in [0.3, 0.4) is 0 Å². The zero-order valence-electron chi connectivity index (χ0n) is 9.15. The number of aromatic nitrogens is 2. The van der Waals surface area contributed by atoms with Gasteiger partial charge in [-0.05, 0) is 10.7 Å². The van der Waals surface area contributed by atoms with Gasteiger partial charge in [-0.3, -0.25) is 4.63 Å². The van der Waals surface area contributed by atoms with Crippen molar-refractivity contribution >= 4 is 11.8 Å². The molecule has 1 aromatic heterocycles. The number of hydrogen-bond donors (Lipinski definition) is 1. The Morgan fingerprint density at radius 2 is 2.33 bits per heavy atom. The minimum atomic E-state index is 0.290. The third-order valence-corrected chi connectivity index (χ3v) is 2.55. The Morgan fingerprint density at radius 3 is 2.93 bits per heavy atom. The number of hydrogen-bond acceptors (Lipinski definition) is 5. The van der Waals surface area contributed by atoms with Crippen molar-refractivity contribution in [1.82, 2.24) is 5.16 Å². The average molecular weight is 234 g/mol. The maximum Gasteiger partial charge on any atom is 0.409 e. The molecule has 0 aromatic carbocycles. The van der Waals surface area contributed by atoms with Gasteiger partial charge >= 0.3 is 5.88 Å². The number of nitrogens with one attached hydrogen (secondary N) is 1. The molecule has 0 spiro atoms. The number of thioether (sulfide) groups is 1. The van der Waals surface area contributed by atoms with Crippen LogP contribution in [0.1, 0.15) is 6.92 Å². The standard InChI is InChI=1S/C8H15N3O3S/c1-4-15-8-7(9-14-11(8)12)13-6-5-10(2)3/h4-6H2,1-3H3/p+1. The van der Waals surface area contributed by atoms with Crippen molar-refractivity contribution in [1.29, 1.82) is 0 Å². The van der Waals surface area contributed by atoms with Crippen molar-refractivity contribution < 1.29 is 19.2 Å². The van der Waals surface area contributed by atoms with Crippen molar-refractivity contribution in [2.24, 2.45) is 0 Å². The summed E-state index contributed by atoms with van der Waals surface area (Å²) < 4.78 is 9.82. The van der Waals surface area contributed by atoms with E-state index < -0.39 is 0 Å². The number of quaternary nitrogens is 1. The molecule has 0 bridgehead atoms. The number of ether oxygens (including phenoxy) is 1. The molecule has 0 fully saturated rings. The zero-order valence-corrected chi connectivity index (χ0v) is 9.97. The summed E-state index contributed by atoms with van der Waals surface area (Å²) in [6.45, 7) is 3.32. The van der Waals surface area contributed by atoms with Crippen LogP contribution in [0.5, 0.6) is 5.88 Å². The Labute approximate surface area is 92.7 Å². The van der Waals surface area contributed by atoms with Crippen LogP contribution in [0.4, 0.5) is 0 Å². The van der Waals surface area contributed by atoms with Crippen molar-refractivity contribution in [3.8, 4) is 5.88 Å². The Kier molecular flexibility index (Phi) is 4.70. The fraction of sp³-hybridized carbons (Fsp3) is 0.750. The molecule has 0 unspecified atom stereocenters. The number of likely N-dealkylation sites (N-methyl/N-ethyl adjacent to an activating group) is 1. The minimum absolute atomic E-state index is 0.290. The molecule has 1 heterocycles. The van der Waals surface area contributed by atoms with Gasteiger partial charge in [0.1, 0.15) is 13.2 Å². The number of nitrogens with zero attached hydrogens (tertiary/aromatic N) is 2. The predicted molar refractivity (Wildman–Crippen MR) is 55.0 cm³/mol. The van der Waals surface area contributed by atoms with Gasteiger partial charge in [-0.1, -0.05) is 18.7 Å². The monoisotopic (exact) mass is 234 g/mol. The van der Waals surface area contributed by atoms with Gasteiger partial charge in [-0.25, -0.2) is 0 Å². The fourth-order valence-corrected chi connectivity index (χ4v) is 1.55. The van der Waals surface area contributed by atoms with Gasteiger partial charge in [0, 0.05) is 0 Å². The molecule has 0 aliphatic rings. The van der Waals surface area contributed by atoms with Crippen LogP contribution in [0.2, 0.25) is 0 Å². The van der Waals surface area contributed by atoms with Crippen molar-refractivity contribution in [2.75, 3.05) is 33.0 Å². The lowest BCUT2D eigenvalue weighted by Crippen LogP contribution is -3.06. The lowest BCUT2D eigenvalue weighted by molar-refractivity contribution is -0.858. The van der Waals surface area contributed by atoms with E-state index in [0.29, 0.717) is 16.5 Å². The summed E-state index contributed by atoms with van der Waals surface area (Å²) in [4.78, 5) is 1.66. The Morgan fingerprint density at radius 1 is 1.60 bits per heavy atom. The van der Waals surface area contributed by atoms with Gasteiger partial charge in [-0.15, -0.1) is 0 Å². The van der Waals surface area contributed by atoms with E-state index in [4.69, 9.17) is 4.74 Å². The highest BCUT2D eigenvalue weighted by Gasteiger charge is 2.20. The molecule has 86 valence electrons. The Balaban J connectivity index is 2.52. The van der Waals surface area contributed by atoms with E-state index in [1.165, 1.54) is 16.7 Å². The van der Waals surface area contributed by atoms with E-state index in [-0.39, 0.29) is 5.88 Å². The second-order valence-corrected chi connectivity index (χ2v) is 4.53. The van der Waals surface area contributed by atoms with Gasteiger partial charge < -0.3 is 14.8 Å². The third-order valence-electron chi connectivity index (χ3n) is 1.67. The van der Waals surface area contributed by atoms with Gasteiger partial charge in [0.05, 0.1) is 19.3 Å². The van der Waals surface area contributed by atoms with E-state index >= 15 is 0 Å². The summed E-state index contributed by atoms with van der Waals surface area (Å²) in [7, 11) is 4.06. The molecule has 1 N–H and O–H groups in total. The molecule has 1 aromatic rings. The molecular formula is C8H16N3O3S+. The SMILES string of the molecule is CCSc1c(OCC[NH+](C)C)no[n+]1[O-]. The van der Waals surface area contributed by atoms with Gasteiger partial charge in [0.25, 0.3) is 5.03 Å². The quantitative estimate of drug-likeness (QED) is 0.502. The first-order chi connectivity index (χ1) is 7.15. The summed E-state index contributed by atoms with van der Waals surface area (Å²) >= 11 is 1.36. The summed E-state index contributed by atoms with van der Waals surface area (Å²) in [6, 6.07) is 0. The minimum Gasteiger partial charge on any atom is -0.449 e. The lowest BCUT2D eigenvalue weighted by atomic mass is 10.6. The lowest BCUT2D eigenvalue weighted by Gasteiger charge is -2.05. The third kappa shape index (κ3) is 3.60. The summed E-state index contributed by atoms with van der Waals surface area (Å²) in [5.41, 5.74) is 0. The first kappa shape index (κ1) is 12.1. The second-order valence-electron chi connectivity index (χ2n) is 3.28. The molecule has 6 nitrogen and oxygen atoms in total. The molecule has 15 heavy (non-hydrogen) atoms. The van der Waals surface area contributed by atoms with Gasteiger partial charge in [-0.2, -0.15) is 0 Å². The molecule has 0 saturated carbocycles. The summed E-state index contributed by atoms with van der Waals surface area (Å²) in [5.74, 6) is 1.07. The van der Waals surface area contributed by atoms with Crippen molar-refractivity contribution in [3.63, 3.8) is 0 Å².